The Morgan fingerprint density at radius 2 is 1.88 bits per heavy atom. The van der Waals surface area contributed by atoms with Crippen molar-refractivity contribution in [2.75, 3.05) is 25.0 Å². The van der Waals surface area contributed by atoms with E-state index in [1.165, 1.54) is 25.9 Å². The molecule has 1 aromatic carbocycles. The molecule has 1 heterocycles. The Morgan fingerprint density at radius 3 is 2.42 bits per heavy atom. The molecule has 6 heteroatoms. The Morgan fingerprint density at radius 1 is 1.25 bits per heavy atom. The smallest absolute Gasteiger partial charge is 0.193 e. The average Bonchev–Trinajstić information content (AvgIpc) is 3.04. The molecule has 0 aliphatic carbocycles. The van der Waals surface area contributed by atoms with Gasteiger partial charge in [-0.25, -0.2) is 0 Å². The number of halogens is 1. The van der Waals surface area contributed by atoms with Gasteiger partial charge in [0.25, 0.3) is 0 Å². The van der Waals surface area contributed by atoms with E-state index >= 15 is 0 Å². The van der Waals surface area contributed by atoms with E-state index in [-0.39, 0.29) is 30.1 Å². The number of likely N-dealkylation sites (tertiary alicyclic amines) is 1. The third kappa shape index (κ3) is 6.84. The summed E-state index contributed by atoms with van der Waals surface area (Å²) in [6.07, 6.45) is 3.90. The molecule has 1 aliphatic rings. The Bertz CT molecular complexity index is 498. The fourth-order valence-electron chi connectivity index (χ4n) is 2.89. The van der Waals surface area contributed by atoms with Gasteiger partial charge >= 0.3 is 0 Å². The van der Waals surface area contributed by atoms with Gasteiger partial charge in [0.05, 0.1) is 12.6 Å². The largest absolute Gasteiger partial charge is 0.491 e. The molecule has 1 saturated heterocycles. The summed E-state index contributed by atoms with van der Waals surface area (Å²) in [4.78, 5) is 7.04. The van der Waals surface area contributed by atoms with Crippen molar-refractivity contribution in [3.8, 4) is 5.75 Å². The number of nitrogens with zero attached hydrogens (tertiary/aromatic N) is 2. The normalized spacial score (nSPS) is 16.8. The van der Waals surface area contributed by atoms with Gasteiger partial charge < -0.3 is 15.8 Å². The van der Waals surface area contributed by atoms with Crippen LogP contribution < -0.4 is 15.8 Å². The maximum atomic E-state index is 6.02. The van der Waals surface area contributed by atoms with Gasteiger partial charge in [0.15, 0.2) is 5.96 Å². The monoisotopic (exact) mass is 446 g/mol. The fraction of sp³-hybridized carbons (Fsp3) is 0.611. The van der Waals surface area contributed by atoms with Crippen LogP contribution in [-0.2, 0) is 0 Å². The minimum absolute atomic E-state index is 0. The molecule has 24 heavy (non-hydrogen) atoms. The molecule has 0 spiro atoms. The Hall–Kier alpha value is -1.02. The van der Waals surface area contributed by atoms with Crippen molar-refractivity contribution in [3.05, 3.63) is 24.3 Å². The lowest BCUT2D eigenvalue weighted by atomic mass is 10.2. The summed E-state index contributed by atoms with van der Waals surface area (Å²) in [5, 5.41) is 3.15. The van der Waals surface area contributed by atoms with Crippen LogP contribution in [0.1, 0.15) is 40.0 Å². The second kappa shape index (κ2) is 10.8. The number of anilines is 1. The van der Waals surface area contributed by atoms with E-state index in [9.17, 15) is 0 Å². The van der Waals surface area contributed by atoms with Crippen LogP contribution in [0.4, 0.5) is 5.69 Å². The predicted octanol–water partition coefficient (Wildman–Crippen LogP) is 3.69. The van der Waals surface area contributed by atoms with Crippen molar-refractivity contribution in [1.82, 2.24) is 4.90 Å². The molecular formula is C18H31IN4O. The van der Waals surface area contributed by atoms with Crippen LogP contribution in [0.25, 0.3) is 0 Å². The molecule has 0 radical (unpaired) electrons. The van der Waals surface area contributed by atoms with Crippen LogP contribution in [0.2, 0.25) is 0 Å². The number of nitrogens with two attached hydrogens (primary N) is 1. The first-order valence-corrected chi connectivity index (χ1v) is 8.66. The molecule has 0 aromatic heterocycles. The number of ether oxygens (including phenoxy) is 1. The molecule has 2 rings (SSSR count). The second-order valence-corrected chi connectivity index (χ2v) is 6.35. The number of aliphatic imine (C=N–C) groups is 1. The Balaban J connectivity index is 0.00000288. The van der Waals surface area contributed by atoms with Gasteiger partial charge in [-0.1, -0.05) is 6.92 Å². The number of guanidine groups is 1. The summed E-state index contributed by atoms with van der Waals surface area (Å²) < 4.78 is 5.63. The maximum absolute atomic E-state index is 6.02. The van der Waals surface area contributed by atoms with Gasteiger partial charge in [-0.3, -0.25) is 9.89 Å². The number of rotatable bonds is 7. The van der Waals surface area contributed by atoms with Gasteiger partial charge in [0.2, 0.25) is 0 Å². The van der Waals surface area contributed by atoms with Crippen LogP contribution in [-0.4, -0.2) is 42.6 Å². The van der Waals surface area contributed by atoms with E-state index in [0.29, 0.717) is 12.0 Å². The van der Waals surface area contributed by atoms with Crippen molar-refractivity contribution in [3.63, 3.8) is 0 Å². The van der Waals surface area contributed by atoms with E-state index in [4.69, 9.17) is 10.5 Å². The number of nitrogens with one attached hydrogen (secondary N) is 1. The van der Waals surface area contributed by atoms with Crippen molar-refractivity contribution in [1.29, 1.82) is 0 Å². The first-order valence-electron chi connectivity index (χ1n) is 8.66. The molecule has 0 bridgehead atoms. The lowest BCUT2D eigenvalue weighted by molar-refractivity contribution is 0.242. The zero-order valence-corrected chi connectivity index (χ0v) is 17.3. The summed E-state index contributed by atoms with van der Waals surface area (Å²) in [7, 11) is 0. The highest BCUT2D eigenvalue weighted by Crippen LogP contribution is 2.17. The maximum Gasteiger partial charge on any atom is 0.193 e. The summed E-state index contributed by atoms with van der Waals surface area (Å²) in [6, 6.07) is 8.29. The molecule has 5 nitrogen and oxygen atoms in total. The zero-order valence-electron chi connectivity index (χ0n) is 15.0. The van der Waals surface area contributed by atoms with Gasteiger partial charge in [0.1, 0.15) is 5.75 Å². The van der Waals surface area contributed by atoms with Crippen LogP contribution in [0, 0.1) is 0 Å². The quantitative estimate of drug-likeness (QED) is 0.381. The van der Waals surface area contributed by atoms with Gasteiger partial charge in [0, 0.05) is 11.7 Å². The third-order valence-electron chi connectivity index (χ3n) is 4.10. The standard InChI is InChI=1S/C18H30N4O.HI/c1-4-16(22-11-5-6-12-22)13-20-18(19)21-15-7-9-17(10-8-15)23-14(2)3;/h7-10,14,16H,4-6,11-13H2,1-3H3,(H3,19,20,21);1H. The predicted molar refractivity (Wildman–Crippen MR) is 113 cm³/mol. The van der Waals surface area contributed by atoms with Gasteiger partial charge in [-0.15, -0.1) is 24.0 Å². The van der Waals surface area contributed by atoms with Crippen LogP contribution >= 0.6 is 24.0 Å². The molecule has 1 fully saturated rings. The highest BCUT2D eigenvalue weighted by atomic mass is 127. The first-order chi connectivity index (χ1) is 11.1. The molecular weight excluding hydrogens is 415 g/mol. The van der Waals surface area contributed by atoms with E-state index in [2.05, 4.69) is 22.1 Å². The molecule has 3 N–H and O–H groups in total. The second-order valence-electron chi connectivity index (χ2n) is 6.35. The zero-order chi connectivity index (χ0) is 16.7. The van der Waals surface area contributed by atoms with E-state index < -0.39 is 0 Å². The number of hydrogen-bond donors (Lipinski definition) is 2. The average molecular weight is 446 g/mol. The van der Waals surface area contributed by atoms with Crippen molar-refractivity contribution < 1.29 is 4.74 Å². The van der Waals surface area contributed by atoms with Crippen LogP contribution in [0.5, 0.6) is 5.75 Å². The molecule has 1 atom stereocenters. The Kier molecular flexibility index (Phi) is 9.43. The van der Waals surface area contributed by atoms with Crippen LogP contribution in [0.15, 0.2) is 29.3 Å². The summed E-state index contributed by atoms with van der Waals surface area (Å²) >= 11 is 0. The lowest BCUT2D eigenvalue weighted by Gasteiger charge is -2.24. The van der Waals surface area contributed by atoms with E-state index in [1.54, 1.807) is 0 Å². The molecule has 0 saturated carbocycles. The lowest BCUT2D eigenvalue weighted by Crippen LogP contribution is -2.35. The summed E-state index contributed by atoms with van der Waals surface area (Å²) in [5.74, 6) is 1.33. The molecule has 1 unspecified atom stereocenters. The first kappa shape index (κ1) is 21.0. The van der Waals surface area contributed by atoms with E-state index in [1.807, 2.05) is 38.1 Å². The minimum Gasteiger partial charge on any atom is -0.491 e. The van der Waals surface area contributed by atoms with Crippen LogP contribution in [0.3, 0.4) is 0 Å². The highest BCUT2D eigenvalue weighted by molar-refractivity contribution is 14.0. The Labute approximate surface area is 163 Å². The minimum atomic E-state index is 0. The number of benzene rings is 1. The van der Waals surface area contributed by atoms with Crippen molar-refractivity contribution in [2.45, 2.75) is 52.2 Å². The number of hydrogen-bond acceptors (Lipinski definition) is 3. The molecule has 1 aliphatic heterocycles. The third-order valence-corrected chi connectivity index (χ3v) is 4.10. The summed E-state index contributed by atoms with van der Waals surface area (Å²) in [5.41, 5.74) is 6.94. The van der Waals surface area contributed by atoms with E-state index in [0.717, 1.165) is 24.4 Å². The van der Waals surface area contributed by atoms with Crippen molar-refractivity contribution in [2.24, 2.45) is 10.7 Å². The molecule has 136 valence electrons. The topological polar surface area (TPSA) is 62.9 Å². The summed E-state index contributed by atoms with van der Waals surface area (Å²) in [6.45, 7) is 9.39. The molecule has 0 amide bonds. The SMILES string of the molecule is CCC(CN=C(N)Nc1ccc(OC(C)C)cc1)N1CCCC1.I. The van der Waals surface area contributed by atoms with Gasteiger partial charge in [-0.05, 0) is 70.5 Å². The molecule has 1 aromatic rings. The van der Waals surface area contributed by atoms with Gasteiger partial charge in [-0.2, -0.15) is 0 Å². The fourth-order valence-corrected chi connectivity index (χ4v) is 2.89. The highest BCUT2D eigenvalue weighted by Gasteiger charge is 2.19. The van der Waals surface area contributed by atoms with Crippen molar-refractivity contribution >= 4 is 35.6 Å².